The van der Waals surface area contributed by atoms with E-state index in [4.69, 9.17) is 0 Å². The molecule has 5 nitrogen and oxygen atoms in total. The minimum atomic E-state index is -0.0745. The number of aromatic nitrogens is 2. The molecule has 2 saturated heterocycles. The summed E-state index contributed by atoms with van der Waals surface area (Å²) in [6.07, 6.45) is 7.02. The highest BCUT2D eigenvalue weighted by atomic mass is 16.1. The Balaban J connectivity index is 1.71. The smallest absolute Gasteiger partial charge is 0.290 e. The van der Waals surface area contributed by atoms with Crippen molar-refractivity contribution < 1.29 is 0 Å². The Morgan fingerprint density at radius 2 is 2.12 bits per heavy atom. The minimum Gasteiger partial charge on any atom is -0.350 e. The maximum absolute atomic E-state index is 11.7. The van der Waals surface area contributed by atoms with Gasteiger partial charge in [0.1, 0.15) is 0 Å². The highest BCUT2D eigenvalue weighted by Crippen LogP contribution is 2.22. The van der Waals surface area contributed by atoms with Gasteiger partial charge >= 0.3 is 0 Å². The molecular formula is C12H18N4O. The quantitative estimate of drug-likeness (QED) is 0.807. The van der Waals surface area contributed by atoms with Crippen LogP contribution in [-0.4, -0.2) is 47.1 Å². The molecule has 3 heterocycles. The second-order valence-electron chi connectivity index (χ2n) is 4.87. The van der Waals surface area contributed by atoms with Crippen LogP contribution in [0, 0.1) is 0 Å². The molecule has 0 bridgehead atoms. The lowest BCUT2D eigenvalue weighted by molar-refractivity contribution is 0.260. The van der Waals surface area contributed by atoms with Gasteiger partial charge in [-0.15, -0.1) is 0 Å². The number of nitrogens with zero attached hydrogens (tertiary/aromatic N) is 3. The monoisotopic (exact) mass is 234 g/mol. The summed E-state index contributed by atoms with van der Waals surface area (Å²) in [5.41, 5.74) is -0.0745. The summed E-state index contributed by atoms with van der Waals surface area (Å²) in [4.78, 5) is 23.2. The topological polar surface area (TPSA) is 52.2 Å². The molecule has 5 heteroatoms. The zero-order valence-electron chi connectivity index (χ0n) is 9.93. The molecular weight excluding hydrogens is 216 g/mol. The molecule has 0 amide bonds. The standard InChI is InChI=1S/C12H18N4O/c17-12-11(13-4-5-14-12)16-8-3-10(9-16)15-6-1-2-7-15/h4-5,10H,1-3,6-9H2,(H,14,17). The third-order valence-electron chi connectivity index (χ3n) is 3.81. The summed E-state index contributed by atoms with van der Waals surface area (Å²) in [5.74, 6) is 0.578. The zero-order chi connectivity index (χ0) is 11.7. The third-order valence-corrected chi connectivity index (χ3v) is 3.81. The fraction of sp³-hybridized carbons (Fsp3) is 0.667. The molecule has 1 atom stereocenters. The van der Waals surface area contributed by atoms with Gasteiger partial charge in [-0.3, -0.25) is 9.69 Å². The fourth-order valence-corrected chi connectivity index (χ4v) is 2.91. The van der Waals surface area contributed by atoms with Crippen LogP contribution < -0.4 is 10.5 Å². The number of anilines is 1. The van der Waals surface area contributed by atoms with Crippen LogP contribution in [-0.2, 0) is 0 Å². The second kappa shape index (κ2) is 4.49. The lowest BCUT2D eigenvalue weighted by Gasteiger charge is -2.23. The van der Waals surface area contributed by atoms with Crippen molar-refractivity contribution in [3.05, 3.63) is 22.7 Å². The van der Waals surface area contributed by atoms with Crippen LogP contribution >= 0.6 is 0 Å². The van der Waals surface area contributed by atoms with Crippen LogP contribution in [0.15, 0.2) is 17.2 Å². The van der Waals surface area contributed by atoms with E-state index in [-0.39, 0.29) is 5.56 Å². The first kappa shape index (κ1) is 10.8. The Kier molecular flexibility index (Phi) is 2.84. The summed E-state index contributed by atoms with van der Waals surface area (Å²) in [6, 6.07) is 0.610. The number of aromatic amines is 1. The summed E-state index contributed by atoms with van der Waals surface area (Å²) in [7, 11) is 0. The van der Waals surface area contributed by atoms with Gasteiger partial charge in [-0.25, -0.2) is 4.98 Å². The molecule has 2 fully saturated rings. The van der Waals surface area contributed by atoms with E-state index in [1.807, 2.05) is 0 Å². The first-order valence-corrected chi connectivity index (χ1v) is 6.37. The number of H-pyrrole nitrogens is 1. The van der Waals surface area contributed by atoms with E-state index in [0.29, 0.717) is 11.9 Å². The maximum atomic E-state index is 11.7. The van der Waals surface area contributed by atoms with E-state index in [2.05, 4.69) is 19.8 Å². The van der Waals surface area contributed by atoms with Crippen LogP contribution in [0.4, 0.5) is 5.82 Å². The first-order chi connectivity index (χ1) is 8.34. The van der Waals surface area contributed by atoms with Crippen molar-refractivity contribution in [3.63, 3.8) is 0 Å². The normalized spacial score (nSPS) is 25.6. The number of rotatable bonds is 2. The highest BCUT2D eigenvalue weighted by molar-refractivity contribution is 5.37. The molecule has 1 N–H and O–H groups in total. The van der Waals surface area contributed by atoms with E-state index in [1.165, 1.54) is 25.9 Å². The summed E-state index contributed by atoms with van der Waals surface area (Å²) < 4.78 is 0. The van der Waals surface area contributed by atoms with Gasteiger partial charge in [-0.2, -0.15) is 0 Å². The maximum Gasteiger partial charge on any atom is 0.290 e. The van der Waals surface area contributed by atoms with Crippen molar-refractivity contribution in [1.82, 2.24) is 14.9 Å². The summed E-state index contributed by atoms with van der Waals surface area (Å²) in [5, 5.41) is 0. The molecule has 0 aromatic carbocycles. The molecule has 1 aromatic heterocycles. The molecule has 2 aliphatic rings. The first-order valence-electron chi connectivity index (χ1n) is 6.37. The number of likely N-dealkylation sites (tertiary alicyclic amines) is 1. The van der Waals surface area contributed by atoms with Crippen LogP contribution in [0.3, 0.4) is 0 Å². The van der Waals surface area contributed by atoms with E-state index in [9.17, 15) is 4.79 Å². The van der Waals surface area contributed by atoms with Gasteiger partial charge in [0.15, 0.2) is 5.82 Å². The summed E-state index contributed by atoms with van der Waals surface area (Å²) >= 11 is 0. The molecule has 1 unspecified atom stereocenters. The largest absolute Gasteiger partial charge is 0.350 e. The zero-order valence-corrected chi connectivity index (χ0v) is 9.93. The molecule has 2 aliphatic heterocycles. The molecule has 0 radical (unpaired) electrons. The van der Waals surface area contributed by atoms with Crippen molar-refractivity contribution in [3.8, 4) is 0 Å². The van der Waals surface area contributed by atoms with Crippen molar-refractivity contribution in [1.29, 1.82) is 0 Å². The lowest BCUT2D eigenvalue weighted by Crippen LogP contribution is -2.36. The van der Waals surface area contributed by atoms with Crippen molar-refractivity contribution in [2.75, 3.05) is 31.1 Å². The minimum absolute atomic E-state index is 0.0745. The molecule has 1 aromatic rings. The molecule has 0 saturated carbocycles. The molecule has 0 spiro atoms. The Hall–Kier alpha value is -1.36. The van der Waals surface area contributed by atoms with Gasteiger partial charge in [0.2, 0.25) is 0 Å². The van der Waals surface area contributed by atoms with Crippen LogP contribution in [0.25, 0.3) is 0 Å². The van der Waals surface area contributed by atoms with Crippen LogP contribution in [0.2, 0.25) is 0 Å². The average molecular weight is 234 g/mol. The van der Waals surface area contributed by atoms with Crippen molar-refractivity contribution in [2.45, 2.75) is 25.3 Å². The molecule has 17 heavy (non-hydrogen) atoms. The Morgan fingerprint density at radius 1 is 1.29 bits per heavy atom. The van der Waals surface area contributed by atoms with Gasteiger partial charge in [0.05, 0.1) is 0 Å². The van der Waals surface area contributed by atoms with Gasteiger partial charge in [-0.1, -0.05) is 0 Å². The van der Waals surface area contributed by atoms with E-state index >= 15 is 0 Å². The Morgan fingerprint density at radius 3 is 2.88 bits per heavy atom. The molecule has 3 rings (SSSR count). The average Bonchev–Trinajstić information content (AvgIpc) is 3.00. The van der Waals surface area contributed by atoms with Crippen molar-refractivity contribution in [2.24, 2.45) is 0 Å². The number of hydrogen-bond acceptors (Lipinski definition) is 4. The predicted molar refractivity (Wildman–Crippen MR) is 66.3 cm³/mol. The van der Waals surface area contributed by atoms with Gasteiger partial charge in [0.25, 0.3) is 5.56 Å². The van der Waals surface area contributed by atoms with Crippen molar-refractivity contribution >= 4 is 5.82 Å². The number of hydrogen-bond donors (Lipinski definition) is 1. The SMILES string of the molecule is O=c1[nH]ccnc1N1CCC(N2CCCC2)C1. The highest BCUT2D eigenvalue weighted by Gasteiger charge is 2.30. The lowest BCUT2D eigenvalue weighted by atomic mass is 10.2. The van der Waals surface area contributed by atoms with Gasteiger partial charge in [-0.05, 0) is 32.4 Å². The van der Waals surface area contributed by atoms with Crippen LogP contribution in [0.1, 0.15) is 19.3 Å². The number of nitrogens with one attached hydrogen (secondary N) is 1. The van der Waals surface area contributed by atoms with Crippen LogP contribution in [0.5, 0.6) is 0 Å². The van der Waals surface area contributed by atoms with E-state index < -0.39 is 0 Å². The second-order valence-corrected chi connectivity index (χ2v) is 4.87. The van der Waals surface area contributed by atoms with E-state index in [1.54, 1.807) is 12.4 Å². The van der Waals surface area contributed by atoms with Gasteiger partial charge in [0, 0.05) is 31.5 Å². The molecule has 0 aliphatic carbocycles. The third kappa shape index (κ3) is 2.07. The van der Waals surface area contributed by atoms with Gasteiger partial charge < -0.3 is 9.88 Å². The molecule has 92 valence electrons. The fourth-order valence-electron chi connectivity index (χ4n) is 2.91. The van der Waals surface area contributed by atoms with E-state index in [0.717, 1.165) is 19.5 Å². The Labute approximate surface area is 100 Å². The predicted octanol–water partition coefficient (Wildman–Crippen LogP) is 0.444. The summed E-state index contributed by atoms with van der Waals surface area (Å²) in [6.45, 7) is 4.33. The Bertz CT molecular complexity index is 438.